The quantitative estimate of drug-likeness (QED) is 0.142. The third-order valence-electron chi connectivity index (χ3n) is 5.38. The Balaban J connectivity index is 1.59. The Hall–Kier alpha value is -4.48. The van der Waals surface area contributed by atoms with E-state index in [0.717, 1.165) is 4.47 Å². The number of hydrogen-bond donors (Lipinski definition) is 2. The molecule has 9 nitrogen and oxygen atoms in total. The number of nitrogens with one attached hydrogen (secondary N) is 2. The number of benzene rings is 4. The molecule has 0 bridgehead atoms. The maximum absolute atomic E-state index is 13.2. The number of ether oxygens (including phenoxy) is 2. The fraction of sp³-hybridized carbons (Fsp3) is 0.0690. The van der Waals surface area contributed by atoms with Gasteiger partial charge < -0.3 is 14.8 Å². The first-order valence-electron chi connectivity index (χ1n) is 11.8. The van der Waals surface area contributed by atoms with Crippen molar-refractivity contribution in [2.24, 2.45) is 0 Å². The van der Waals surface area contributed by atoms with E-state index in [0.29, 0.717) is 27.7 Å². The predicted octanol–water partition coefficient (Wildman–Crippen LogP) is 5.91. The third kappa shape index (κ3) is 7.33. The lowest BCUT2D eigenvalue weighted by Gasteiger charge is -2.13. The van der Waals surface area contributed by atoms with Gasteiger partial charge >= 0.3 is 11.9 Å². The highest BCUT2D eigenvalue weighted by Crippen LogP contribution is 2.30. The highest BCUT2D eigenvalue weighted by molar-refractivity contribution is 9.10. The summed E-state index contributed by atoms with van der Waals surface area (Å²) in [5.74, 6) is -1.33. The molecule has 0 radical (unpaired) electrons. The van der Waals surface area contributed by atoms with E-state index in [9.17, 15) is 22.8 Å². The Bertz CT molecular complexity index is 1720. The van der Waals surface area contributed by atoms with Gasteiger partial charge in [0.15, 0.2) is 0 Å². The molecular formula is C29H23BrN2O7S. The van der Waals surface area contributed by atoms with Crippen molar-refractivity contribution in [2.75, 3.05) is 10.0 Å². The first kappa shape index (κ1) is 28.5. The van der Waals surface area contributed by atoms with Gasteiger partial charge in [-0.05, 0) is 60.2 Å². The average molecular weight is 623 g/mol. The number of halogens is 1. The van der Waals surface area contributed by atoms with Gasteiger partial charge in [0, 0.05) is 52.6 Å². The number of amides is 1. The highest BCUT2D eigenvalue weighted by atomic mass is 79.9. The van der Waals surface area contributed by atoms with Crippen molar-refractivity contribution in [3.8, 4) is 11.5 Å². The monoisotopic (exact) mass is 622 g/mol. The van der Waals surface area contributed by atoms with Crippen molar-refractivity contribution in [3.05, 3.63) is 95.0 Å². The van der Waals surface area contributed by atoms with Gasteiger partial charge in [0.25, 0.3) is 10.0 Å². The molecular weight excluding hydrogens is 600 g/mol. The fourth-order valence-corrected chi connectivity index (χ4v) is 5.38. The van der Waals surface area contributed by atoms with Crippen LogP contribution in [-0.4, -0.2) is 26.3 Å². The number of carbonyl (C=O) groups excluding carboxylic acids is 3. The zero-order chi connectivity index (χ0) is 28.9. The number of esters is 2. The second-order valence-electron chi connectivity index (χ2n) is 8.52. The summed E-state index contributed by atoms with van der Waals surface area (Å²) in [6, 6.07) is 20.9. The smallest absolute Gasteiger partial charge is 0.308 e. The number of anilines is 2. The lowest BCUT2D eigenvalue weighted by Crippen LogP contribution is -2.14. The molecule has 0 aliphatic rings. The molecule has 2 N–H and O–H groups in total. The maximum Gasteiger partial charge on any atom is 0.308 e. The Kier molecular flexibility index (Phi) is 8.66. The van der Waals surface area contributed by atoms with E-state index in [-0.39, 0.29) is 16.4 Å². The van der Waals surface area contributed by atoms with Crippen molar-refractivity contribution < 1.29 is 32.3 Å². The van der Waals surface area contributed by atoms with E-state index in [4.69, 9.17) is 9.47 Å². The molecule has 0 saturated carbocycles. The van der Waals surface area contributed by atoms with Crippen LogP contribution in [0.3, 0.4) is 0 Å². The van der Waals surface area contributed by atoms with Crippen LogP contribution in [0.25, 0.3) is 16.8 Å². The lowest BCUT2D eigenvalue weighted by molar-refractivity contribution is -0.132. The summed E-state index contributed by atoms with van der Waals surface area (Å²) in [6.07, 6.45) is 2.71. The van der Waals surface area contributed by atoms with Gasteiger partial charge in [-0.1, -0.05) is 40.2 Å². The van der Waals surface area contributed by atoms with Crippen molar-refractivity contribution >= 4 is 72.0 Å². The summed E-state index contributed by atoms with van der Waals surface area (Å²) in [4.78, 5) is 35.6. The number of sulfonamides is 1. The molecule has 0 aliphatic heterocycles. The first-order chi connectivity index (χ1) is 19.0. The topological polar surface area (TPSA) is 128 Å². The molecule has 40 heavy (non-hydrogen) atoms. The van der Waals surface area contributed by atoms with Crippen LogP contribution >= 0.6 is 15.9 Å². The molecule has 0 saturated heterocycles. The molecule has 0 heterocycles. The normalized spacial score (nSPS) is 11.3. The molecule has 4 rings (SSSR count). The predicted molar refractivity (Wildman–Crippen MR) is 156 cm³/mol. The van der Waals surface area contributed by atoms with Gasteiger partial charge in [-0.25, -0.2) is 8.42 Å². The Morgan fingerprint density at radius 2 is 1.40 bits per heavy atom. The molecule has 0 unspecified atom stereocenters. The van der Waals surface area contributed by atoms with Gasteiger partial charge in [-0.2, -0.15) is 0 Å². The van der Waals surface area contributed by atoms with Gasteiger partial charge in [0.05, 0.1) is 4.90 Å². The molecule has 0 aromatic heterocycles. The number of hydrogen-bond acceptors (Lipinski definition) is 7. The summed E-state index contributed by atoms with van der Waals surface area (Å²) in [5, 5.41) is 3.72. The van der Waals surface area contributed by atoms with Crippen LogP contribution in [0.2, 0.25) is 0 Å². The van der Waals surface area contributed by atoms with Crippen LogP contribution < -0.4 is 19.5 Å². The lowest BCUT2D eigenvalue weighted by atomic mass is 10.1. The molecule has 204 valence electrons. The van der Waals surface area contributed by atoms with E-state index in [1.165, 1.54) is 50.3 Å². The van der Waals surface area contributed by atoms with Crippen LogP contribution in [-0.2, 0) is 24.4 Å². The largest absolute Gasteiger partial charge is 0.427 e. The van der Waals surface area contributed by atoms with Crippen LogP contribution in [0, 0.1) is 0 Å². The second kappa shape index (κ2) is 12.1. The van der Waals surface area contributed by atoms with E-state index in [1.54, 1.807) is 54.6 Å². The minimum atomic E-state index is -3.93. The van der Waals surface area contributed by atoms with Crippen LogP contribution in [0.4, 0.5) is 11.4 Å². The molecule has 11 heteroatoms. The molecule has 0 spiro atoms. The Morgan fingerprint density at radius 1 is 0.800 bits per heavy atom. The van der Waals surface area contributed by atoms with Gasteiger partial charge in [0.1, 0.15) is 11.5 Å². The molecule has 1 amide bonds. The van der Waals surface area contributed by atoms with Gasteiger partial charge in [-0.15, -0.1) is 0 Å². The van der Waals surface area contributed by atoms with Crippen molar-refractivity contribution in [3.63, 3.8) is 0 Å². The number of carbonyl (C=O) groups is 3. The average Bonchev–Trinajstić information content (AvgIpc) is 2.88. The summed E-state index contributed by atoms with van der Waals surface area (Å²) >= 11 is 3.33. The van der Waals surface area contributed by atoms with Gasteiger partial charge in [0.2, 0.25) is 5.91 Å². The van der Waals surface area contributed by atoms with Crippen molar-refractivity contribution in [2.45, 2.75) is 18.7 Å². The molecule has 4 aromatic carbocycles. The Labute approximate surface area is 239 Å². The summed E-state index contributed by atoms with van der Waals surface area (Å²) < 4.78 is 40.0. The van der Waals surface area contributed by atoms with Gasteiger partial charge in [-0.3, -0.25) is 19.1 Å². The Morgan fingerprint density at radius 3 is 2.02 bits per heavy atom. The van der Waals surface area contributed by atoms with Crippen LogP contribution in [0.1, 0.15) is 19.4 Å². The fourth-order valence-electron chi connectivity index (χ4n) is 3.84. The van der Waals surface area contributed by atoms with E-state index < -0.39 is 27.9 Å². The van der Waals surface area contributed by atoms with Crippen molar-refractivity contribution in [1.82, 2.24) is 0 Å². The molecule has 0 fully saturated rings. The summed E-state index contributed by atoms with van der Waals surface area (Å²) in [6.45, 7) is 2.47. The SMILES string of the molecule is CC(=O)Oc1cc(/C=C/C(=O)Nc2cccc3c(S(=O)(=O)Nc4ccc(Br)cc4)cccc23)cc(OC(C)=O)c1. The van der Waals surface area contributed by atoms with Crippen LogP contribution in [0.15, 0.2) is 94.3 Å². The number of rotatable bonds is 8. The molecule has 0 atom stereocenters. The first-order valence-corrected chi connectivity index (χ1v) is 14.1. The minimum Gasteiger partial charge on any atom is -0.427 e. The molecule has 4 aromatic rings. The van der Waals surface area contributed by atoms with E-state index in [2.05, 4.69) is 26.0 Å². The third-order valence-corrected chi connectivity index (χ3v) is 7.35. The summed E-state index contributed by atoms with van der Waals surface area (Å²) in [7, 11) is -3.93. The van der Waals surface area contributed by atoms with Crippen molar-refractivity contribution in [1.29, 1.82) is 0 Å². The maximum atomic E-state index is 13.2. The zero-order valence-corrected chi connectivity index (χ0v) is 23.7. The van der Waals surface area contributed by atoms with Crippen LogP contribution in [0.5, 0.6) is 11.5 Å². The molecule has 0 aliphatic carbocycles. The highest BCUT2D eigenvalue weighted by Gasteiger charge is 2.19. The summed E-state index contributed by atoms with van der Waals surface area (Å²) in [5.41, 5.74) is 1.25. The minimum absolute atomic E-state index is 0.0554. The zero-order valence-electron chi connectivity index (χ0n) is 21.3. The second-order valence-corrected chi connectivity index (χ2v) is 11.1. The number of fused-ring (bicyclic) bond motifs is 1. The van der Waals surface area contributed by atoms with E-state index >= 15 is 0 Å². The standard InChI is InChI=1S/C29H23BrN2O7S/c1-18(33)38-23-15-20(16-24(17-23)39-19(2)34)9-14-29(35)31-27-7-3-6-26-25(27)5-4-8-28(26)40(36,37)32-22-12-10-21(30)11-13-22/h3-17,32H,1-2H3,(H,31,35)/b14-9+. The van der Waals surface area contributed by atoms with E-state index in [1.807, 2.05) is 0 Å².